The van der Waals surface area contributed by atoms with Crippen LogP contribution in [0.5, 0.6) is 5.75 Å². The average molecular weight is 218 g/mol. The first-order chi connectivity index (χ1) is 6.91. The lowest BCUT2D eigenvalue weighted by atomic mass is 10.1. The summed E-state index contributed by atoms with van der Waals surface area (Å²) in [5.41, 5.74) is -0.00620. The highest BCUT2D eigenvalue weighted by molar-refractivity contribution is 5.97. The number of hydrogen-bond acceptors (Lipinski definition) is 2. The van der Waals surface area contributed by atoms with Crippen LogP contribution in [0.2, 0.25) is 0 Å². The zero-order valence-corrected chi connectivity index (χ0v) is 8.18. The Bertz CT molecular complexity index is 388. The fraction of sp³-hybridized carbons (Fsp3) is 0.300. The van der Waals surface area contributed by atoms with E-state index in [2.05, 4.69) is 4.74 Å². The molecule has 15 heavy (non-hydrogen) atoms. The Kier molecular flexibility index (Phi) is 3.34. The highest BCUT2D eigenvalue weighted by atomic mass is 19.3. The highest BCUT2D eigenvalue weighted by Crippen LogP contribution is 2.27. The average Bonchev–Trinajstić information content (AvgIpc) is 2.08. The number of carbonyl (C=O) groups excluding carboxylic acids is 1. The van der Waals surface area contributed by atoms with Crippen LogP contribution in [-0.2, 0) is 0 Å². The second-order valence-electron chi connectivity index (χ2n) is 3.03. The molecule has 1 rings (SSSR count). The zero-order valence-electron chi connectivity index (χ0n) is 8.18. The molecule has 0 radical (unpaired) electrons. The molecule has 0 amide bonds. The van der Waals surface area contributed by atoms with Crippen LogP contribution in [0.1, 0.15) is 22.8 Å². The van der Waals surface area contributed by atoms with E-state index in [-0.39, 0.29) is 16.9 Å². The van der Waals surface area contributed by atoms with Crippen molar-refractivity contribution in [2.45, 2.75) is 20.5 Å². The predicted octanol–water partition coefficient (Wildman–Crippen LogP) is 2.94. The Hall–Kier alpha value is -1.52. The maximum Gasteiger partial charge on any atom is 0.387 e. The molecule has 0 aromatic heterocycles. The van der Waals surface area contributed by atoms with Crippen LogP contribution in [-0.4, -0.2) is 12.4 Å². The summed E-state index contributed by atoms with van der Waals surface area (Å²) in [7, 11) is 0. The molecule has 0 bridgehead atoms. The summed E-state index contributed by atoms with van der Waals surface area (Å²) in [6.07, 6.45) is 0. The van der Waals surface area contributed by atoms with E-state index in [1.54, 1.807) is 0 Å². The smallest absolute Gasteiger partial charge is 0.387 e. The fourth-order valence-corrected chi connectivity index (χ4v) is 1.24. The first kappa shape index (κ1) is 11.6. The second kappa shape index (κ2) is 4.33. The van der Waals surface area contributed by atoms with E-state index >= 15 is 0 Å². The zero-order chi connectivity index (χ0) is 11.6. The summed E-state index contributed by atoms with van der Waals surface area (Å²) in [5.74, 6) is -1.44. The van der Waals surface area contributed by atoms with Crippen LogP contribution in [0.4, 0.5) is 13.2 Å². The molecule has 0 atom stereocenters. The minimum absolute atomic E-state index is 0.167. The van der Waals surface area contributed by atoms with Crippen LogP contribution in [0, 0.1) is 12.7 Å². The number of alkyl halides is 2. The Labute approximate surface area is 84.7 Å². The molecule has 0 N–H and O–H groups in total. The van der Waals surface area contributed by atoms with Gasteiger partial charge in [0.1, 0.15) is 11.6 Å². The lowest BCUT2D eigenvalue weighted by Crippen LogP contribution is -2.08. The van der Waals surface area contributed by atoms with Crippen molar-refractivity contribution in [3.63, 3.8) is 0 Å². The molecule has 0 spiro atoms. The molecule has 0 aliphatic heterocycles. The van der Waals surface area contributed by atoms with Crippen molar-refractivity contribution in [2.75, 3.05) is 0 Å². The Balaban J connectivity index is 3.27. The van der Waals surface area contributed by atoms with Crippen molar-refractivity contribution < 1.29 is 22.7 Å². The lowest BCUT2D eigenvalue weighted by molar-refractivity contribution is -0.0506. The molecule has 0 unspecified atom stereocenters. The van der Waals surface area contributed by atoms with Crippen LogP contribution < -0.4 is 4.74 Å². The van der Waals surface area contributed by atoms with Gasteiger partial charge in [-0.3, -0.25) is 4.79 Å². The van der Waals surface area contributed by atoms with Crippen molar-refractivity contribution in [1.29, 1.82) is 0 Å². The molecule has 82 valence electrons. The number of halogens is 3. The summed E-state index contributed by atoms with van der Waals surface area (Å²) in [6, 6.07) is 1.91. The van der Waals surface area contributed by atoms with E-state index in [0.717, 1.165) is 19.1 Å². The van der Waals surface area contributed by atoms with E-state index < -0.39 is 18.2 Å². The Morgan fingerprint density at radius 3 is 2.47 bits per heavy atom. The van der Waals surface area contributed by atoms with Gasteiger partial charge in [0.25, 0.3) is 0 Å². The van der Waals surface area contributed by atoms with Gasteiger partial charge in [-0.1, -0.05) is 0 Å². The second-order valence-corrected chi connectivity index (χ2v) is 3.03. The van der Waals surface area contributed by atoms with Gasteiger partial charge in [-0.2, -0.15) is 8.78 Å². The minimum Gasteiger partial charge on any atom is -0.434 e. The van der Waals surface area contributed by atoms with Gasteiger partial charge < -0.3 is 4.74 Å². The van der Waals surface area contributed by atoms with E-state index in [9.17, 15) is 18.0 Å². The van der Waals surface area contributed by atoms with Crippen LogP contribution in [0.3, 0.4) is 0 Å². The number of hydrogen-bond donors (Lipinski definition) is 0. The van der Waals surface area contributed by atoms with Crippen LogP contribution >= 0.6 is 0 Å². The third-order valence-electron chi connectivity index (χ3n) is 1.83. The van der Waals surface area contributed by atoms with E-state index in [0.29, 0.717) is 0 Å². The predicted molar refractivity (Wildman–Crippen MR) is 47.8 cm³/mol. The van der Waals surface area contributed by atoms with E-state index in [1.807, 2.05) is 0 Å². The molecule has 0 heterocycles. The van der Waals surface area contributed by atoms with Crippen LogP contribution in [0.25, 0.3) is 0 Å². The molecular formula is C10H9F3O2. The monoisotopic (exact) mass is 218 g/mol. The van der Waals surface area contributed by atoms with Gasteiger partial charge in [-0.05, 0) is 31.5 Å². The van der Waals surface area contributed by atoms with E-state index in [4.69, 9.17) is 0 Å². The number of benzene rings is 1. The summed E-state index contributed by atoms with van der Waals surface area (Å²) in [6.45, 7) is -0.480. The topological polar surface area (TPSA) is 26.3 Å². The summed E-state index contributed by atoms with van der Waals surface area (Å²) < 4.78 is 41.1. The number of Topliss-reactive ketones (excluding diaryl/α,β-unsaturated/α-hetero) is 1. The van der Waals surface area contributed by atoms with E-state index in [1.165, 1.54) is 6.92 Å². The molecule has 0 fully saturated rings. The molecule has 0 saturated heterocycles. The van der Waals surface area contributed by atoms with Gasteiger partial charge in [0.2, 0.25) is 0 Å². The summed E-state index contributed by atoms with van der Waals surface area (Å²) in [5, 5.41) is 0. The minimum atomic E-state index is -3.03. The largest absolute Gasteiger partial charge is 0.434 e. The number of carbonyl (C=O) groups is 1. The van der Waals surface area contributed by atoms with Gasteiger partial charge >= 0.3 is 6.61 Å². The maximum absolute atomic E-state index is 12.9. The van der Waals surface area contributed by atoms with Crippen molar-refractivity contribution in [3.8, 4) is 5.75 Å². The van der Waals surface area contributed by atoms with Crippen LogP contribution in [0.15, 0.2) is 12.1 Å². The molecule has 0 saturated carbocycles. The SMILES string of the molecule is CC(=O)c1cc(F)cc(C)c1OC(F)F. The number of aryl methyl sites for hydroxylation is 1. The Morgan fingerprint density at radius 2 is 2.00 bits per heavy atom. The highest BCUT2D eigenvalue weighted by Gasteiger charge is 2.16. The Morgan fingerprint density at radius 1 is 1.40 bits per heavy atom. The molecule has 1 aromatic carbocycles. The van der Waals surface area contributed by atoms with Gasteiger partial charge in [0, 0.05) is 0 Å². The quantitative estimate of drug-likeness (QED) is 0.729. The molecule has 2 nitrogen and oxygen atoms in total. The van der Waals surface area contributed by atoms with Gasteiger partial charge in [0.05, 0.1) is 5.56 Å². The van der Waals surface area contributed by atoms with Gasteiger partial charge in [-0.25, -0.2) is 4.39 Å². The molecular weight excluding hydrogens is 209 g/mol. The fourth-order valence-electron chi connectivity index (χ4n) is 1.24. The van der Waals surface area contributed by atoms with Crippen molar-refractivity contribution in [3.05, 3.63) is 29.1 Å². The van der Waals surface area contributed by atoms with Crippen molar-refractivity contribution in [2.24, 2.45) is 0 Å². The lowest BCUT2D eigenvalue weighted by Gasteiger charge is -2.11. The first-order valence-electron chi connectivity index (χ1n) is 4.17. The van der Waals surface area contributed by atoms with Gasteiger partial charge in [-0.15, -0.1) is 0 Å². The molecule has 0 aliphatic carbocycles. The number of ketones is 1. The van der Waals surface area contributed by atoms with Crippen molar-refractivity contribution in [1.82, 2.24) is 0 Å². The summed E-state index contributed by atoms with van der Waals surface area (Å²) >= 11 is 0. The van der Waals surface area contributed by atoms with Crippen molar-refractivity contribution >= 4 is 5.78 Å². The third kappa shape index (κ3) is 2.71. The molecule has 5 heteroatoms. The summed E-state index contributed by atoms with van der Waals surface area (Å²) in [4.78, 5) is 11.1. The standard InChI is InChI=1S/C10H9F3O2/c1-5-3-7(11)4-8(6(2)14)9(5)15-10(12)13/h3-4,10H,1-2H3. The molecule has 1 aromatic rings. The maximum atomic E-state index is 12.9. The molecule has 0 aliphatic rings. The number of ether oxygens (including phenoxy) is 1. The normalized spacial score (nSPS) is 10.5. The number of rotatable bonds is 3. The third-order valence-corrected chi connectivity index (χ3v) is 1.83. The first-order valence-corrected chi connectivity index (χ1v) is 4.17. The van der Waals surface area contributed by atoms with Gasteiger partial charge in [0.15, 0.2) is 5.78 Å².